The van der Waals surface area contributed by atoms with E-state index in [0.717, 1.165) is 0 Å². The van der Waals surface area contributed by atoms with E-state index in [-0.39, 0.29) is 27.0 Å². The maximum atomic E-state index is 10.5. The molecule has 0 unspecified atom stereocenters. The second kappa shape index (κ2) is 13.4. The molecule has 1 heterocycles. The largest absolute Gasteiger partial charge is 0.493 e. The molecule has 36 heavy (non-hydrogen) atoms. The van der Waals surface area contributed by atoms with E-state index in [0.29, 0.717) is 27.4 Å². The van der Waals surface area contributed by atoms with Gasteiger partial charge in [0.2, 0.25) is 0 Å². The number of hydrogen-bond donors (Lipinski definition) is 5. The Morgan fingerprint density at radius 3 is 2.19 bits per heavy atom. The van der Waals surface area contributed by atoms with Crippen molar-refractivity contribution in [2.24, 2.45) is 0 Å². The lowest BCUT2D eigenvalue weighted by molar-refractivity contribution is -0.127. The SMILES string of the molecule is COc1cc2c(Nc3ccc(Cl)c(Cl)c3Cl)ncnc2cc1O[C@@H](CO)[C@@H](O)[C@H](O)[C@H](CO)OC.O. The van der Waals surface area contributed by atoms with Gasteiger partial charge in [-0.1, -0.05) is 34.8 Å². The fourth-order valence-corrected chi connectivity index (χ4v) is 3.89. The van der Waals surface area contributed by atoms with Gasteiger partial charge in [-0.05, 0) is 18.2 Å². The van der Waals surface area contributed by atoms with Crippen molar-refractivity contribution in [3.8, 4) is 11.5 Å². The van der Waals surface area contributed by atoms with Gasteiger partial charge in [0, 0.05) is 18.6 Å². The molecule has 0 fully saturated rings. The summed E-state index contributed by atoms with van der Waals surface area (Å²) in [6.07, 6.45) is -4.14. The molecule has 0 saturated heterocycles. The highest BCUT2D eigenvalue weighted by atomic mass is 35.5. The van der Waals surface area contributed by atoms with E-state index in [1.54, 1.807) is 18.2 Å². The summed E-state index contributed by atoms with van der Waals surface area (Å²) in [7, 11) is 2.68. The van der Waals surface area contributed by atoms with Crippen LogP contribution in [-0.2, 0) is 4.74 Å². The summed E-state index contributed by atoms with van der Waals surface area (Å²) in [4.78, 5) is 8.51. The number of aliphatic hydroxyl groups is 4. The average Bonchev–Trinajstić information content (AvgIpc) is 2.87. The van der Waals surface area contributed by atoms with Gasteiger partial charge < -0.3 is 45.4 Å². The van der Waals surface area contributed by atoms with Crippen LogP contribution in [0.5, 0.6) is 11.5 Å². The smallest absolute Gasteiger partial charge is 0.164 e. The minimum Gasteiger partial charge on any atom is -0.493 e. The lowest BCUT2D eigenvalue weighted by Crippen LogP contribution is -2.49. The van der Waals surface area contributed by atoms with Gasteiger partial charge in [-0.3, -0.25) is 0 Å². The number of methoxy groups -OCH3 is 2. The Bertz CT molecular complexity index is 1170. The number of anilines is 2. The Morgan fingerprint density at radius 2 is 1.58 bits per heavy atom. The molecule has 1 aromatic heterocycles. The zero-order valence-electron chi connectivity index (χ0n) is 19.2. The number of nitrogens with one attached hydrogen (secondary N) is 1. The van der Waals surface area contributed by atoms with Crippen molar-refractivity contribution < 1.29 is 40.1 Å². The second-order valence-corrected chi connectivity index (χ2v) is 8.53. The van der Waals surface area contributed by atoms with Crippen LogP contribution in [0.3, 0.4) is 0 Å². The molecule has 0 aliphatic rings. The van der Waals surface area contributed by atoms with Crippen LogP contribution >= 0.6 is 34.8 Å². The van der Waals surface area contributed by atoms with Crippen molar-refractivity contribution >= 4 is 57.2 Å². The number of aliphatic hydroxyl groups excluding tert-OH is 4. The number of halogens is 3. The van der Waals surface area contributed by atoms with Gasteiger partial charge in [0.1, 0.15) is 30.5 Å². The fraction of sp³-hybridized carbons (Fsp3) is 0.364. The first kappa shape index (κ1) is 30.0. The summed E-state index contributed by atoms with van der Waals surface area (Å²) < 4.78 is 16.1. The first-order valence-electron chi connectivity index (χ1n) is 10.3. The molecular formula is C22H26Cl3N3O8. The summed E-state index contributed by atoms with van der Waals surface area (Å²) in [5.41, 5.74) is 0.903. The van der Waals surface area contributed by atoms with Crippen molar-refractivity contribution in [1.82, 2.24) is 9.97 Å². The van der Waals surface area contributed by atoms with Gasteiger partial charge in [-0.25, -0.2) is 9.97 Å². The van der Waals surface area contributed by atoms with Gasteiger partial charge in [0.05, 0.1) is 46.6 Å². The predicted molar refractivity (Wildman–Crippen MR) is 136 cm³/mol. The number of nitrogens with zero attached hydrogens (tertiary/aromatic N) is 2. The molecule has 14 heteroatoms. The molecule has 2 aromatic carbocycles. The highest BCUT2D eigenvalue weighted by Crippen LogP contribution is 2.39. The van der Waals surface area contributed by atoms with Crippen molar-refractivity contribution in [1.29, 1.82) is 0 Å². The third-order valence-corrected chi connectivity index (χ3v) is 6.56. The predicted octanol–water partition coefficient (Wildman–Crippen LogP) is 1.99. The molecule has 0 aliphatic carbocycles. The van der Waals surface area contributed by atoms with E-state index in [9.17, 15) is 20.4 Å². The van der Waals surface area contributed by atoms with Crippen LogP contribution in [0.15, 0.2) is 30.6 Å². The van der Waals surface area contributed by atoms with Crippen LogP contribution in [0.4, 0.5) is 11.5 Å². The number of aromatic nitrogens is 2. The van der Waals surface area contributed by atoms with Crippen LogP contribution in [-0.4, -0.2) is 87.7 Å². The van der Waals surface area contributed by atoms with Crippen molar-refractivity contribution in [3.05, 3.63) is 45.7 Å². The Hall–Kier alpha value is -2.19. The zero-order valence-corrected chi connectivity index (χ0v) is 21.4. The highest BCUT2D eigenvalue weighted by Gasteiger charge is 2.34. The van der Waals surface area contributed by atoms with E-state index < -0.39 is 37.6 Å². The molecule has 0 saturated carbocycles. The van der Waals surface area contributed by atoms with Gasteiger partial charge in [-0.2, -0.15) is 0 Å². The number of benzene rings is 2. The molecule has 0 radical (unpaired) electrons. The molecule has 3 aromatic rings. The average molecular weight is 567 g/mol. The van der Waals surface area contributed by atoms with E-state index in [1.807, 2.05) is 0 Å². The second-order valence-electron chi connectivity index (χ2n) is 7.37. The standard InChI is InChI=1S/C22H24Cl3N3O7.H2O/c1-33-14-5-10-13(6-15(14)35-17(8-30)21(32)20(31)16(7-29)34-2)26-9-27-22(10)28-12-4-3-11(23)18(24)19(12)25;/h3-6,9,16-17,20-21,29-32H,7-8H2,1-2H3,(H,26,27,28);1H2/t16-,17-,20+,21+;/m0./s1. The molecule has 3 rings (SSSR count). The van der Waals surface area contributed by atoms with Crippen LogP contribution in [0.2, 0.25) is 15.1 Å². The van der Waals surface area contributed by atoms with Gasteiger partial charge in [0.25, 0.3) is 0 Å². The van der Waals surface area contributed by atoms with E-state index >= 15 is 0 Å². The number of hydrogen-bond acceptors (Lipinski definition) is 10. The summed E-state index contributed by atoms with van der Waals surface area (Å²) in [6, 6.07) is 6.37. The lowest BCUT2D eigenvalue weighted by Gasteiger charge is -2.30. The first-order chi connectivity index (χ1) is 16.7. The van der Waals surface area contributed by atoms with Crippen molar-refractivity contribution in [2.75, 3.05) is 32.8 Å². The molecule has 198 valence electrons. The van der Waals surface area contributed by atoms with Crippen LogP contribution < -0.4 is 14.8 Å². The van der Waals surface area contributed by atoms with E-state index in [1.165, 1.54) is 26.6 Å². The first-order valence-corrected chi connectivity index (χ1v) is 11.4. The van der Waals surface area contributed by atoms with Crippen molar-refractivity contribution in [2.45, 2.75) is 24.4 Å². The summed E-state index contributed by atoms with van der Waals surface area (Å²) in [5.74, 6) is 0.766. The number of fused-ring (bicyclic) bond motifs is 1. The third kappa shape index (κ3) is 6.38. The van der Waals surface area contributed by atoms with E-state index in [2.05, 4.69) is 15.3 Å². The molecule has 0 aliphatic heterocycles. The minimum absolute atomic E-state index is 0. The van der Waals surface area contributed by atoms with Crippen LogP contribution in [0.25, 0.3) is 10.9 Å². The minimum atomic E-state index is -1.59. The monoisotopic (exact) mass is 565 g/mol. The van der Waals surface area contributed by atoms with Crippen molar-refractivity contribution in [3.63, 3.8) is 0 Å². The lowest BCUT2D eigenvalue weighted by atomic mass is 10.0. The van der Waals surface area contributed by atoms with Gasteiger partial charge in [-0.15, -0.1) is 0 Å². The maximum absolute atomic E-state index is 10.5. The number of ether oxygens (including phenoxy) is 3. The molecule has 11 nitrogen and oxygen atoms in total. The quantitative estimate of drug-likeness (QED) is 0.216. The molecule has 0 amide bonds. The van der Waals surface area contributed by atoms with E-state index in [4.69, 9.17) is 49.0 Å². The third-order valence-electron chi connectivity index (χ3n) is 5.26. The topological polar surface area (TPSA) is 178 Å². The van der Waals surface area contributed by atoms with Gasteiger partial charge in [0.15, 0.2) is 17.6 Å². The Labute approximate surface area is 221 Å². The Kier molecular flexibility index (Phi) is 11.2. The Balaban J connectivity index is 0.00000456. The molecule has 7 N–H and O–H groups in total. The normalized spacial score (nSPS) is 14.5. The molecule has 0 bridgehead atoms. The zero-order chi connectivity index (χ0) is 25.7. The van der Waals surface area contributed by atoms with Gasteiger partial charge >= 0.3 is 0 Å². The summed E-state index contributed by atoms with van der Waals surface area (Å²) in [5, 5.41) is 44.2. The number of rotatable bonds is 11. The molecule has 4 atom stereocenters. The highest BCUT2D eigenvalue weighted by molar-refractivity contribution is 6.49. The Morgan fingerprint density at radius 1 is 0.917 bits per heavy atom. The molecule has 0 spiro atoms. The van der Waals surface area contributed by atoms with Crippen LogP contribution in [0.1, 0.15) is 0 Å². The summed E-state index contributed by atoms with van der Waals surface area (Å²) in [6.45, 7) is -1.19. The summed E-state index contributed by atoms with van der Waals surface area (Å²) >= 11 is 18.4. The molecular weight excluding hydrogens is 541 g/mol. The fourth-order valence-electron chi connectivity index (χ4n) is 3.31. The van der Waals surface area contributed by atoms with Crippen LogP contribution in [0, 0.1) is 0 Å². The maximum Gasteiger partial charge on any atom is 0.164 e.